The third kappa shape index (κ3) is 3.47. The summed E-state index contributed by atoms with van der Waals surface area (Å²) in [4.78, 5) is 15.0. The highest BCUT2D eigenvalue weighted by Crippen LogP contribution is 2.32. The van der Waals surface area contributed by atoms with Crippen molar-refractivity contribution in [2.45, 2.75) is 30.2 Å². The van der Waals surface area contributed by atoms with Gasteiger partial charge >= 0.3 is 0 Å². The van der Waals surface area contributed by atoms with Crippen LogP contribution in [0.2, 0.25) is 0 Å². The molecule has 8 heteroatoms. The summed E-state index contributed by atoms with van der Waals surface area (Å²) in [6.45, 7) is 2.63. The van der Waals surface area contributed by atoms with Gasteiger partial charge in [-0.1, -0.05) is 42.1 Å². The number of benzene rings is 2. The first-order valence-electron chi connectivity index (χ1n) is 9.16. The minimum atomic E-state index is -0.328. The molecule has 1 aliphatic heterocycles. The van der Waals surface area contributed by atoms with Crippen LogP contribution in [0.15, 0.2) is 53.7 Å². The van der Waals surface area contributed by atoms with Crippen molar-refractivity contribution in [3.05, 3.63) is 54.1 Å². The largest absolute Gasteiger partial charge is 0.494 e. The van der Waals surface area contributed by atoms with Crippen molar-refractivity contribution in [1.29, 1.82) is 0 Å². The monoisotopic (exact) mass is 395 g/mol. The number of aromatic nitrogens is 4. The molecule has 0 unspecified atom stereocenters. The van der Waals surface area contributed by atoms with E-state index >= 15 is 0 Å². The second-order valence-corrected chi connectivity index (χ2v) is 7.84. The number of thioether (sulfide) groups is 1. The van der Waals surface area contributed by atoms with Crippen molar-refractivity contribution < 1.29 is 9.53 Å². The van der Waals surface area contributed by atoms with Crippen molar-refractivity contribution in [3.8, 4) is 11.4 Å². The molecule has 2 heterocycles. The van der Waals surface area contributed by atoms with Gasteiger partial charge in [0.25, 0.3) is 0 Å². The fourth-order valence-electron chi connectivity index (χ4n) is 3.40. The fraction of sp³-hybridized carbons (Fsp3) is 0.300. The third-order valence-electron chi connectivity index (χ3n) is 4.76. The van der Waals surface area contributed by atoms with Gasteiger partial charge in [0, 0.05) is 12.2 Å². The Kier molecular flexibility index (Phi) is 5.29. The van der Waals surface area contributed by atoms with Crippen LogP contribution >= 0.6 is 11.8 Å². The molecule has 0 fully saturated rings. The maximum absolute atomic E-state index is 13.2. The molecule has 0 aliphatic carbocycles. The second kappa shape index (κ2) is 8.02. The van der Waals surface area contributed by atoms with E-state index in [-0.39, 0.29) is 11.2 Å². The van der Waals surface area contributed by atoms with Gasteiger partial charge < -0.3 is 9.64 Å². The van der Waals surface area contributed by atoms with Gasteiger partial charge in [0.1, 0.15) is 11.4 Å². The predicted octanol–water partition coefficient (Wildman–Crippen LogP) is 3.13. The smallest absolute Gasteiger partial charge is 0.240 e. The quantitative estimate of drug-likeness (QED) is 0.618. The zero-order chi connectivity index (χ0) is 19.5. The predicted molar refractivity (Wildman–Crippen MR) is 108 cm³/mol. The summed E-state index contributed by atoms with van der Waals surface area (Å²) in [5.41, 5.74) is 2.97. The topological polar surface area (TPSA) is 73.1 Å². The van der Waals surface area contributed by atoms with Crippen molar-refractivity contribution in [3.63, 3.8) is 0 Å². The molecular formula is C20H21N5O2S. The van der Waals surface area contributed by atoms with Crippen LogP contribution in [0.25, 0.3) is 5.69 Å². The number of tetrazole rings is 1. The fourth-order valence-corrected chi connectivity index (χ4v) is 4.26. The Labute approximate surface area is 167 Å². The van der Waals surface area contributed by atoms with Gasteiger partial charge in [0.15, 0.2) is 0 Å². The lowest BCUT2D eigenvalue weighted by molar-refractivity contribution is -0.117. The molecule has 1 aliphatic rings. The molecule has 0 N–H and O–H groups in total. The van der Waals surface area contributed by atoms with Crippen LogP contribution in [-0.2, 0) is 11.2 Å². The lowest BCUT2D eigenvalue weighted by Gasteiger charge is -2.31. The van der Waals surface area contributed by atoms with Crippen LogP contribution in [-0.4, -0.2) is 45.0 Å². The van der Waals surface area contributed by atoms with Gasteiger partial charge in [0.2, 0.25) is 11.1 Å². The molecule has 0 saturated heterocycles. The van der Waals surface area contributed by atoms with Gasteiger partial charge in [-0.05, 0) is 54.0 Å². The Morgan fingerprint density at radius 3 is 2.71 bits per heavy atom. The highest BCUT2D eigenvalue weighted by Gasteiger charge is 2.28. The Balaban J connectivity index is 1.57. The number of anilines is 1. The first-order chi connectivity index (χ1) is 13.7. The number of rotatable bonds is 5. The highest BCUT2D eigenvalue weighted by molar-refractivity contribution is 8.00. The number of aryl methyl sites for hydroxylation is 1. The molecule has 3 aromatic rings. The minimum Gasteiger partial charge on any atom is -0.494 e. The van der Waals surface area contributed by atoms with E-state index < -0.39 is 0 Å². The molecule has 1 aromatic heterocycles. The number of hydrogen-bond donors (Lipinski definition) is 0. The molecule has 28 heavy (non-hydrogen) atoms. The number of nitrogens with zero attached hydrogens (tertiary/aromatic N) is 5. The molecule has 0 bridgehead atoms. The zero-order valence-corrected chi connectivity index (χ0v) is 16.6. The van der Waals surface area contributed by atoms with E-state index in [4.69, 9.17) is 4.74 Å². The maximum Gasteiger partial charge on any atom is 0.240 e. The summed E-state index contributed by atoms with van der Waals surface area (Å²) in [7, 11) is 1.61. The summed E-state index contributed by atoms with van der Waals surface area (Å²) >= 11 is 1.35. The Morgan fingerprint density at radius 1 is 1.14 bits per heavy atom. The summed E-state index contributed by atoms with van der Waals surface area (Å²) in [6, 6.07) is 15.6. The van der Waals surface area contributed by atoms with Crippen molar-refractivity contribution in [1.82, 2.24) is 20.2 Å². The summed E-state index contributed by atoms with van der Waals surface area (Å²) in [6.07, 6.45) is 1.98. The molecule has 4 rings (SSSR count). The molecular weight excluding hydrogens is 374 g/mol. The van der Waals surface area contributed by atoms with Crippen LogP contribution in [0.1, 0.15) is 18.9 Å². The van der Waals surface area contributed by atoms with Crippen LogP contribution in [0.3, 0.4) is 0 Å². The van der Waals surface area contributed by atoms with Crippen LogP contribution in [0, 0.1) is 0 Å². The van der Waals surface area contributed by atoms with Crippen molar-refractivity contribution >= 4 is 23.4 Å². The van der Waals surface area contributed by atoms with Gasteiger partial charge in [-0.25, -0.2) is 0 Å². The van der Waals surface area contributed by atoms with E-state index in [2.05, 4.69) is 21.6 Å². The average Bonchev–Trinajstić information content (AvgIpc) is 3.20. The number of fused-ring (bicyclic) bond motifs is 1. The lowest BCUT2D eigenvalue weighted by Crippen LogP contribution is -2.40. The first-order valence-corrected chi connectivity index (χ1v) is 10.0. The Hall–Kier alpha value is -2.87. The van der Waals surface area contributed by atoms with Crippen LogP contribution in [0.4, 0.5) is 5.69 Å². The SMILES string of the molecule is COc1ccccc1-n1nnnc1S[C@@H](C)C(=O)N1CCCc2ccccc21. The summed E-state index contributed by atoms with van der Waals surface area (Å²) < 4.78 is 7.02. The minimum absolute atomic E-state index is 0.0618. The van der Waals surface area contributed by atoms with E-state index in [1.165, 1.54) is 17.3 Å². The van der Waals surface area contributed by atoms with E-state index in [0.29, 0.717) is 10.9 Å². The molecule has 0 radical (unpaired) electrons. The van der Waals surface area contributed by atoms with Gasteiger partial charge in [-0.2, -0.15) is 4.68 Å². The van der Waals surface area contributed by atoms with Gasteiger partial charge in [-0.3, -0.25) is 4.79 Å². The number of methoxy groups -OCH3 is 1. The molecule has 1 amide bonds. The molecule has 2 aromatic carbocycles. The van der Waals surface area contributed by atoms with Crippen LogP contribution < -0.4 is 9.64 Å². The molecule has 0 saturated carbocycles. The number of amides is 1. The van der Waals surface area contributed by atoms with Gasteiger partial charge in [-0.15, -0.1) is 5.10 Å². The number of hydrogen-bond acceptors (Lipinski definition) is 6. The third-order valence-corrected chi connectivity index (χ3v) is 5.78. The standard InChI is InChI=1S/C20H21N5O2S/c1-14(19(26)24-13-7-9-15-8-3-4-10-16(15)24)28-20-21-22-23-25(20)17-11-5-6-12-18(17)27-2/h3-6,8,10-12,14H,7,9,13H2,1-2H3/t14-/m0/s1. The van der Waals surface area contributed by atoms with E-state index in [9.17, 15) is 4.79 Å². The maximum atomic E-state index is 13.2. The zero-order valence-electron chi connectivity index (χ0n) is 15.8. The number of para-hydroxylation sites is 3. The first kappa shape index (κ1) is 18.5. The normalized spacial score (nSPS) is 14.4. The van der Waals surface area contributed by atoms with Crippen molar-refractivity contribution in [2.75, 3.05) is 18.6 Å². The lowest BCUT2D eigenvalue weighted by atomic mass is 10.0. The number of carbonyl (C=O) groups is 1. The average molecular weight is 395 g/mol. The Morgan fingerprint density at radius 2 is 1.89 bits per heavy atom. The number of ether oxygens (including phenoxy) is 1. The van der Waals surface area contributed by atoms with Crippen molar-refractivity contribution in [2.24, 2.45) is 0 Å². The van der Waals surface area contributed by atoms with E-state index in [1.54, 1.807) is 11.8 Å². The molecule has 1 atom stereocenters. The summed E-state index contributed by atoms with van der Waals surface area (Å²) in [5.74, 6) is 0.729. The van der Waals surface area contributed by atoms with E-state index in [0.717, 1.165) is 30.8 Å². The molecule has 7 nitrogen and oxygen atoms in total. The summed E-state index contributed by atoms with van der Waals surface area (Å²) in [5, 5.41) is 12.2. The van der Waals surface area contributed by atoms with Gasteiger partial charge in [0.05, 0.1) is 12.4 Å². The number of carbonyl (C=O) groups excluding carboxylic acids is 1. The van der Waals surface area contributed by atoms with E-state index in [1.807, 2.05) is 54.3 Å². The molecule has 0 spiro atoms. The highest BCUT2D eigenvalue weighted by atomic mass is 32.2. The van der Waals surface area contributed by atoms with Crippen LogP contribution in [0.5, 0.6) is 5.75 Å². The molecule has 144 valence electrons. The second-order valence-electron chi connectivity index (χ2n) is 6.53. The Bertz CT molecular complexity index is 990.